The Kier molecular flexibility index (Phi) is 1.55. The van der Waals surface area contributed by atoms with Crippen molar-refractivity contribution in [3.63, 3.8) is 0 Å². The van der Waals surface area contributed by atoms with Crippen LogP contribution in [0.15, 0.2) is 24.5 Å². The third-order valence-corrected chi connectivity index (χ3v) is 2.29. The third-order valence-electron chi connectivity index (χ3n) is 2.29. The van der Waals surface area contributed by atoms with E-state index in [1.54, 1.807) is 6.07 Å². The number of tetrazole rings is 1. The van der Waals surface area contributed by atoms with E-state index in [0.717, 1.165) is 11.3 Å². The summed E-state index contributed by atoms with van der Waals surface area (Å²) in [6, 6.07) is 5.41. The molecule has 3 rings (SSSR count). The average molecular weight is 202 g/mol. The topological polar surface area (TPSA) is 69.9 Å². The predicted octanol–water partition coefficient (Wildman–Crippen LogP) is 0.333. The molecule has 1 aliphatic heterocycles. The quantitative estimate of drug-likeness (QED) is 0.623. The van der Waals surface area contributed by atoms with Crippen LogP contribution in [0.25, 0.3) is 5.69 Å². The van der Waals surface area contributed by atoms with E-state index in [1.165, 1.54) is 11.0 Å². The standard InChI is InChI=1S/C9H6N4O2/c14-9-8-3-7(13-5-10-11-12-13)2-1-6(8)4-15-9/h1-3,5H,4H2. The molecule has 74 valence electrons. The molecule has 0 amide bonds. The number of nitrogens with zero attached hydrogens (tertiary/aromatic N) is 4. The Morgan fingerprint density at radius 2 is 2.33 bits per heavy atom. The highest BCUT2D eigenvalue weighted by atomic mass is 16.5. The van der Waals surface area contributed by atoms with Crippen molar-refractivity contribution in [2.45, 2.75) is 6.61 Å². The minimum atomic E-state index is -0.292. The molecular weight excluding hydrogens is 196 g/mol. The van der Waals surface area contributed by atoms with Gasteiger partial charge < -0.3 is 4.74 Å². The summed E-state index contributed by atoms with van der Waals surface area (Å²) in [5.74, 6) is -0.292. The molecule has 1 aliphatic rings. The first kappa shape index (κ1) is 8.10. The van der Waals surface area contributed by atoms with E-state index in [0.29, 0.717) is 12.2 Å². The van der Waals surface area contributed by atoms with Crippen molar-refractivity contribution in [3.05, 3.63) is 35.7 Å². The molecule has 2 aromatic rings. The molecule has 0 aliphatic carbocycles. The van der Waals surface area contributed by atoms with Crippen LogP contribution >= 0.6 is 0 Å². The van der Waals surface area contributed by atoms with E-state index < -0.39 is 0 Å². The number of fused-ring (bicyclic) bond motifs is 1. The lowest BCUT2D eigenvalue weighted by Gasteiger charge is -1.99. The van der Waals surface area contributed by atoms with Crippen LogP contribution in [0.3, 0.4) is 0 Å². The maximum atomic E-state index is 11.3. The lowest BCUT2D eigenvalue weighted by Crippen LogP contribution is -1.99. The molecule has 0 saturated carbocycles. The molecule has 0 radical (unpaired) electrons. The Balaban J connectivity index is 2.13. The van der Waals surface area contributed by atoms with Gasteiger partial charge in [-0.1, -0.05) is 6.07 Å². The summed E-state index contributed by atoms with van der Waals surface area (Å²) >= 11 is 0. The van der Waals surface area contributed by atoms with Crippen LogP contribution in [-0.4, -0.2) is 26.2 Å². The second-order valence-electron chi connectivity index (χ2n) is 3.17. The van der Waals surface area contributed by atoms with Crippen LogP contribution in [-0.2, 0) is 11.3 Å². The molecule has 6 nitrogen and oxygen atoms in total. The number of cyclic esters (lactones) is 1. The smallest absolute Gasteiger partial charge is 0.338 e. The Morgan fingerprint density at radius 1 is 1.40 bits per heavy atom. The van der Waals surface area contributed by atoms with Crippen LogP contribution in [0.5, 0.6) is 0 Å². The predicted molar refractivity (Wildman–Crippen MR) is 48.3 cm³/mol. The van der Waals surface area contributed by atoms with Crippen molar-refractivity contribution < 1.29 is 9.53 Å². The van der Waals surface area contributed by atoms with Crippen LogP contribution < -0.4 is 0 Å². The van der Waals surface area contributed by atoms with Crippen molar-refractivity contribution in [2.75, 3.05) is 0 Å². The molecule has 0 fully saturated rings. The van der Waals surface area contributed by atoms with E-state index in [2.05, 4.69) is 15.5 Å². The molecule has 2 heterocycles. The van der Waals surface area contributed by atoms with Gasteiger partial charge in [-0.05, 0) is 22.6 Å². The largest absolute Gasteiger partial charge is 0.457 e. The molecule has 1 aromatic carbocycles. The van der Waals surface area contributed by atoms with Gasteiger partial charge in [-0.2, -0.15) is 0 Å². The van der Waals surface area contributed by atoms with E-state index in [1.807, 2.05) is 12.1 Å². The fourth-order valence-electron chi connectivity index (χ4n) is 1.52. The number of carbonyl (C=O) groups excluding carboxylic acids is 1. The number of hydrogen-bond donors (Lipinski definition) is 0. The zero-order valence-corrected chi connectivity index (χ0v) is 7.62. The zero-order valence-electron chi connectivity index (χ0n) is 7.62. The normalized spacial score (nSPS) is 13.7. The average Bonchev–Trinajstić information content (AvgIpc) is 2.88. The highest BCUT2D eigenvalue weighted by Gasteiger charge is 2.21. The first-order valence-corrected chi connectivity index (χ1v) is 4.38. The van der Waals surface area contributed by atoms with Crippen LogP contribution in [0.4, 0.5) is 0 Å². The molecule has 0 unspecified atom stereocenters. The van der Waals surface area contributed by atoms with E-state index in [4.69, 9.17) is 4.74 Å². The summed E-state index contributed by atoms with van der Waals surface area (Å²) in [7, 11) is 0. The molecule has 0 atom stereocenters. The van der Waals surface area contributed by atoms with Gasteiger partial charge in [0.2, 0.25) is 0 Å². The van der Waals surface area contributed by atoms with Crippen LogP contribution in [0, 0.1) is 0 Å². The number of benzene rings is 1. The number of hydrogen-bond acceptors (Lipinski definition) is 5. The maximum absolute atomic E-state index is 11.3. The highest BCUT2D eigenvalue weighted by molar-refractivity contribution is 5.93. The summed E-state index contributed by atoms with van der Waals surface area (Å²) in [5, 5.41) is 10.8. The van der Waals surface area contributed by atoms with Gasteiger partial charge in [-0.15, -0.1) is 5.10 Å². The number of rotatable bonds is 1. The molecule has 15 heavy (non-hydrogen) atoms. The van der Waals surface area contributed by atoms with Gasteiger partial charge in [0.1, 0.15) is 12.9 Å². The van der Waals surface area contributed by atoms with Gasteiger partial charge in [-0.25, -0.2) is 9.48 Å². The Labute approximate surface area is 84.5 Å². The van der Waals surface area contributed by atoms with Crippen molar-refractivity contribution >= 4 is 5.97 Å². The van der Waals surface area contributed by atoms with E-state index >= 15 is 0 Å². The fourth-order valence-corrected chi connectivity index (χ4v) is 1.52. The summed E-state index contributed by atoms with van der Waals surface area (Å²) in [6.07, 6.45) is 1.47. The minimum Gasteiger partial charge on any atom is -0.457 e. The third kappa shape index (κ3) is 1.18. The van der Waals surface area contributed by atoms with Gasteiger partial charge in [0, 0.05) is 5.56 Å². The van der Waals surface area contributed by atoms with Crippen molar-refractivity contribution in [2.24, 2.45) is 0 Å². The lowest BCUT2D eigenvalue weighted by molar-refractivity contribution is 0.0535. The summed E-state index contributed by atoms with van der Waals surface area (Å²) in [4.78, 5) is 11.3. The van der Waals surface area contributed by atoms with Crippen molar-refractivity contribution in [1.82, 2.24) is 20.2 Å². The monoisotopic (exact) mass is 202 g/mol. The van der Waals surface area contributed by atoms with Crippen molar-refractivity contribution in [3.8, 4) is 5.69 Å². The van der Waals surface area contributed by atoms with Gasteiger partial charge in [-0.3, -0.25) is 0 Å². The number of aromatic nitrogens is 4. The number of carbonyl (C=O) groups is 1. The van der Waals surface area contributed by atoms with E-state index in [-0.39, 0.29) is 5.97 Å². The molecule has 0 N–H and O–H groups in total. The highest BCUT2D eigenvalue weighted by Crippen LogP contribution is 2.22. The van der Waals surface area contributed by atoms with Crippen LogP contribution in [0.1, 0.15) is 15.9 Å². The van der Waals surface area contributed by atoms with Gasteiger partial charge in [0.15, 0.2) is 0 Å². The molecule has 6 heteroatoms. The molecule has 0 bridgehead atoms. The zero-order chi connectivity index (χ0) is 10.3. The van der Waals surface area contributed by atoms with Gasteiger partial charge in [0.25, 0.3) is 0 Å². The van der Waals surface area contributed by atoms with E-state index in [9.17, 15) is 4.79 Å². The Morgan fingerprint density at radius 3 is 3.13 bits per heavy atom. The minimum absolute atomic E-state index is 0.292. The number of ether oxygens (including phenoxy) is 1. The Hall–Kier alpha value is -2.24. The first-order valence-electron chi connectivity index (χ1n) is 4.38. The molecule has 1 aromatic heterocycles. The van der Waals surface area contributed by atoms with Crippen molar-refractivity contribution in [1.29, 1.82) is 0 Å². The number of esters is 1. The van der Waals surface area contributed by atoms with Gasteiger partial charge >= 0.3 is 5.97 Å². The Bertz CT molecular complexity index is 521. The second-order valence-corrected chi connectivity index (χ2v) is 3.17. The van der Waals surface area contributed by atoms with Crippen LogP contribution in [0.2, 0.25) is 0 Å². The summed E-state index contributed by atoms with van der Waals surface area (Å²) in [6.45, 7) is 0.351. The first-order chi connectivity index (χ1) is 7.34. The molecular formula is C9H6N4O2. The summed E-state index contributed by atoms with van der Waals surface area (Å²) in [5.41, 5.74) is 2.23. The maximum Gasteiger partial charge on any atom is 0.338 e. The summed E-state index contributed by atoms with van der Waals surface area (Å²) < 4.78 is 6.39. The SMILES string of the molecule is O=C1OCc2ccc(-n3cnnn3)cc21. The second kappa shape index (κ2) is 2.88. The molecule has 0 saturated heterocycles. The molecule has 0 spiro atoms. The van der Waals surface area contributed by atoms with Gasteiger partial charge in [0.05, 0.1) is 11.3 Å². The fraction of sp³-hybridized carbons (Fsp3) is 0.111. The lowest BCUT2D eigenvalue weighted by atomic mass is 10.1.